The van der Waals surface area contributed by atoms with Gasteiger partial charge in [0.15, 0.2) is 0 Å². The summed E-state index contributed by atoms with van der Waals surface area (Å²) in [5.41, 5.74) is 2.05. The first-order chi connectivity index (χ1) is 10.3. The van der Waals surface area contributed by atoms with Crippen molar-refractivity contribution in [1.82, 2.24) is 0 Å². The van der Waals surface area contributed by atoms with Crippen LogP contribution >= 0.6 is 11.6 Å². The Morgan fingerprint density at radius 1 is 1.09 bits per heavy atom. The van der Waals surface area contributed by atoms with Crippen LogP contribution in [0.3, 0.4) is 0 Å². The van der Waals surface area contributed by atoms with E-state index in [1.165, 1.54) is 0 Å². The van der Waals surface area contributed by atoms with E-state index in [9.17, 15) is 4.79 Å². The van der Waals surface area contributed by atoms with Gasteiger partial charge in [-0.05, 0) is 23.8 Å². The number of ether oxygens (including phenoxy) is 1. The van der Waals surface area contributed by atoms with Crippen LogP contribution in [-0.2, 0) is 4.79 Å². The second kappa shape index (κ2) is 6.41. The van der Waals surface area contributed by atoms with Gasteiger partial charge in [-0.3, -0.25) is 4.79 Å². The van der Waals surface area contributed by atoms with Crippen molar-refractivity contribution in [3.63, 3.8) is 0 Å². The third-order valence-electron chi connectivity index (χ3n) is 3.32. The second-order valence-electron chi connectivity index (χ2n) is 6.09. The molecule has 1 amide bonds. The Bertz CT molecular complexity index is 672. The van der Waals surface area contributed by atoms with E-state index in [1.54, 1.807) is 7.11 Å². The summed E-state index contributed by atoms with van der Waals surface area (Å²) >= 11 is 5.95. The number of para-hydroxylation sites is 1. The molecule has 0 saturated heterocycles. The SMILES string of the molecule is COc1cccc(-c2ccc(Cl)cc2)c1NC(=O)C(C)(C)C. The first-order valence-electron chi connectivity index (χ1n) is 7.07. The number of anilines is 1. The zero-order valence-electron chi connectivity index (χ0n) is 13.2. The van der Waals surface area contributed by atoms with E-state index in [-0.39, 0.29) is 5.91 Å². The Balaban J connectivity index is 2.50. The fraction of sp³-hybridized carbons (Fsp3) is 0.278. The zero-order chi connectivity index (χ0) is 16.3. The molecule has 0 aliphatic heterocycles. The topological polar surface area (TPSA) is 38.3 Å². The van der Waals surface area contributed by atoms with E-state index in [1.807, 2.05) is 63.2 Å². The smallest absolute Gasteiger partial charge is 0.229 e. The highest BCUT2D eigenvalue weighted by atomic mass is 35.5. The van der Waals surface area contributed by atoms with Crippen LogP contribution in [0.2, 0.25) is 5.02 Å². The van der Waals surface area contributed by atoms with E-state index >= 15 is 0 Å². The van der Waals surface area contributed by atoms with Crippen molar-refractivity contribution < 1.29 is 9.53 Å². The maximum absolute atomic E-state index is 12.4. The Morgan fingerprint density at radius 3 is 2.27 bits per heavy atom. The Labute approximate surface area is 136 Å². The van der Waals surface area contributed by atoms with Crippen LogP contribution in [0.1, 0.15) is 20.8 Å². The fourth-order valence-electron chi connectivity index (χ4n) is 2.00. The minimum atomic E-state index is -0.488. The third-order valence-corrected chi connectivity index (χ3v) is 3.57. The van der Waals surface area contributed by atoms with Gasteiger partial charge < -0.3 is 10.1 Å². The van der Waals surface area contributed by atoms with Crippen molar-refractivity contribution in [3.8, 4) is 16.9 Å². The molecule has 2 rings (SSSR count). The van der Waals surface area contributed by atoms with E-state index < -0.39 is 5.41 Å². The van der Waals surface area contributed by atoms with Gasteiger partial charge >= 0.3 is 0 Å². The van der Waals surface area contributed by atoms with Crippen LogP contribution in [0.25, 0.3) is 11.1 Å². The summed E-state index contributed by atoms with van der Waals surface area (Å²) in [5.74, 6) is 0.567. The minimum Gasteiger partial charge on any atom is -0.495 e. The predicted molar refractivity (Wildman–Crippen MR) is 91.5 cm³/mol. The van der Waals surface area contributed by atoms with E-state index in [4.69, 9.17) is 16.3 Å². The number of rotatable bonds is 3. The molecular weight excluding hydrogens is 298 g/mol. The monoisotopic (exact) mass is 317 g/mol. The summed E-state index contributed by atoms with van der Waals surface area (Å²) in [6.45, 7) is 5.62. The average molecular weight is 318 g/mol. The molecule has 2 aromatic rings. The molecule has 0 unspecified atom stereocenters. The Kier molecular flexibility index (Phi) is 4.77. The normalized spacial score (nSPS) is 11.1. The lowest BCUT2D eigenvalue weighted by molar-refractivity contribution is -0.123. The van der Waals surface area contributed by atoms with Crippen LogP contribution < -0.4 is 10.1 Å². The van der Waals surface area contributed by atoms with Gasteiger partial charge in [0, 0.05) is 16.0 Å². The molecule has 3 nitrogen and oxygen atoms in total. The molecule has 1 N–H and O–H groups in total. The van der Waals surface area contributed by atoms with Gasteiger partial charge in [-0.25, -0.2) is 0 Å². The number of hydrogen-bond donors (Lipinski definition) is 1. The maximum atomic E-state index is 12.4. The molecule has 4 heteroatoms. The van der Waals surface area contributed by atoms with Crippen molar-refractivity contribution in [2.45, 2.75) is 20.8 Å². The molecular formula is C18H20ClNO2. The minimum absolute atomic E-state index is 0.0628. The molecule has 0 spiro atoms. The zero-order valence-corrected chi connectivity index (χ0v) is 14.0. The first-order valence-corrected chi connectivity index (χ1v) is 7.45. The number of hydrogen-bond acceptors (Lipinski definition) is 2. The van der Waals surface area contributed by atoms with Crippen molar-refractivity contribution in [2.24, 2.45) is 5.41 Å². The molecule has 0 heterocycles. The number of halogens is 1. The molecule has 0 bridgehead atoms. The highest BCUT2D eigenvalue weighted by Crippen LogP contribution is 2.37. The number of amides is 1. The van der Waals surface area contributed by atoms with Gasteiger partial charge in [-0.2, -0.15) is 0 Å². The quantitative estimate of drug-likeness (QED) is 0.865. The van der Waals surface area contributed by atoms with Crippen LogP contribution in [0.5, 0.6) is 5.75 Å². The molecule has 0 saturated carbocycles. The van der Waals surface area contributed by atoms with Gasteiger partial charge in [-0.15, -0.1) is 0 Å². The van der Waals surface area contributed by atoms with Gasteiger partial charge in [0.1, 0.15) is 5.75 Å². The lowest BCUT2D eigenvalue weighted by Gasteiger charge is -2.21. The molecule has 0 fully saturated rings. The van der Waals surface area contributed by atoms with Crippen LogP contribution in [-0.4, -0.2) is 13.0 Å². The fourth-order valence-corrected chi connectivity index (χ4v) is 2.13. The van der Waals surface area contributed by atoms with Crippen LogP contribution in [0.15, 0.2) is 42.5 Å². The summed E-state index contributed by atoms with van der Waals surface area (Å²) in [6.07, 6.45) is 0. The van der Waals surface area contributed by atoms with Crippen molar-refractivity contribution in [3.05, 3.63) is 47.5 Å². The Hall–Kier alpha value is -2.00. The third kappa shape index (κ3) is 3.60. The summed E-state index contributed by atoms with van der Waals surface area (Å²) in [7, 11) is 1.59. The molecule has 22 heavy (non-hydrogen) atoms. The van der Waals surface area contributed by atoms with Crippen molar-refractivity contribution in [2.75, 3.05) is 12.4 Å². The van der Waals surface area contributed by atoms with Crippen LogP contribution in [0.4, 0.5) is 5.69 Å². The molecule has 116 valence electrons. The number of carbonyl (C=O) groups is 1. The summed E-state index contributed by atoms with van der Waals surface area (Å²) in [4.78, 5) is 12.4. The van der Waals surface area contributed by atoms with Gasteiger partial charge in [0.2, 0.25) is 5.91 Å². The molecule has 0 aliphatic rings. The first kappa shape index (κ1) is 16.4. The van der Waals surface area contributed by atoms with E-state index in [0.717, 1.165) is 11.1 Å². The molecule has 0 radical (unpaired) electrons. The summed E-state index contributed by atoms with van der Waals surface area (Å²) in [6, 6.07) is 13.2. The summed E-state index contributed by atoms with van der Waals surface area (Å²) in [5, 5.41) is 3.66. The highest BCUT2D eigenvalue weighted by molar-refractivity contribution is 6.30. The number of methoxy groups -OCH3 is 1. The van der Waals surface area contributed by atoms with Gasteiger partial charge in [-0.1, -0.05) is 56.6 Å². The average Bonchev–Trinajstić information content (AvgIpc) is 2.47. The molecule has 0 atom stereocenters. The number of benzene rings is 2. The van der Waals surface area contributed by atoms with Gasteiger partial charge in [0.25, 0.3) is 0 Å². The van der Waals surface area contributed by atoms with Crippen molar-refractivity contribution in [1.29, 1.82) is 0 Å². The van der Waals surface area contributed by atoms with Gasteiger partial charge in [0.05, 0.1) is 12.8 Å². The standard InChI is InChI=1S/C18H20ClNO2/c1-18(2,3)17(21)20-16-14(6-5-7-15(16)22-4)12-8-10-13(19)11-9-12/h5-11H,1-4H3,(H,20,21). The summed E-state index contributed by atoms with van der Waals surface area (Å²) < 4.78 is 5.40. The van der Waals surface area contributed by atoms with Crippen molar-refractivity contribution >= 4 is 23.2 Å². The molecule has 2 aromatic carbocycles. The Morgan fingerprint density at radius 2 is 1.73 bits per heavy atom. The van der Waals surface area contributed by atoms with Crippen LogP contribution in [0, 0.1) is 5.41 Å². The lowest BCUT2D eigenvalue weighted by atomic mass is 9.94. The highest BCUT2D eigenvalue weighted by Gasteiger charge is 2.23. The maximum Gasteiger partial charge on any atom is 0.229 e. The van der Waals surface area contributed by atoms with E-state index in [2.05, 4.69) is 5.32 Å². The largest absolute Gasteiger partial charge is 0.495 e. The molecule has 0 aromatic heterocycles. The predicted octanol–water partition coefficient (Wildman–Crippen LogP) is 5.00. The molecule has 0 aliphatic carbocycles. The second-order valence-corrected chi connectivity index (χ2v) is 6.53. The number of carbonyl (C=O) groups excluding carboxylic acids is 1. The van der Waals surface area contributed by atoms with E-state index in [0.29, 0.717) is 16.5 Å². The number of nitrogens with one attached hydrogen (secondary N) is 1. The lowest BCUT2D eigenvalue weighted by Crippen LogP contribution is -2.28.